The molecule has 1 heterocycles. The third kappa shape index (κ3) is 3.37. The van der Waals surface area contributed by atoms with Crippen molar-refractivity contribution in [3.8, 4) is 0 Å². The number of hydrogen-bond acceptors (Lipinski definition) is 3. The van der Waals surface area contributed by atoms with Crippen LogP contribution in [0.4, 0.5) is 5.69 Å². The second-order valence-corrected chi connectivity index (χ2v) is 8.14. The Bertz CT molecular complexity index is 896. The lowest BCUT2D eigenvalue weighted by Gasteiger charge is -2.15. The molecule has 1 aliphatic heterocycles. The Balaban J connectivity index is 2.03. The first-order valence-corrected chi connectivity index (χ1v) is 9.31. The summed E-state index contributed by atoms with van der Waals surface area (Å²) in [6, 6.07) is 16.5. The summed E-state index contributed by atoms with van der Waals surface area (Å²) in [5, 5.41) is 4.02. The molecule has 2 aromatic rings. The normalized spacial score (nSPS) is 19.5. The fourth-order valence-electron chi connectivity index (χ4n) is 2.53. The van der Waals surface area contributed by atoms with Gasteiger partial charge in [-0.3, -0.25) is 4.78 Å². The van der Waals surface area contributed by atoms with Gasteiger partial charge in [0, 0.05) is 36.3 Å². The number of aryl methyl sites for hydroxylation is 1. The molecule has 4 heteroatoms. The van der Waals surface area contributed by atoms with Crippen LogP contribution in [-0.4, -0.2) is 25.0 Å². The molecule has 0 aliphatic carbocycles. The molecule has 0 bridgehead atoms. The molecule has 3 rings (SSSR count). The maximum atomic E-state index is 8.76. The molecule has 1 N–H and O–H groups in total. The van der Waals surface area contributed by atoms with Crippen molar-refractivity contribution in [2.45, 2.75) is 6.92 Å². The molecule has 1 unspecified atom stereocenters. The highest BCUT2D eigenvalue weighted by atomic mass is 32.2. The Morgan fingerprint density at radius 1 is 1.04 bits per heavy atom. The SMILES string of the molecule is Cc1ccc(C2=CS(=N)(=Cc3ccccc3N(C)C)C=N2)cc1. The number of rotatable bonds is 3. The van der Waals surface area contributed by atoms with Gasteiger partial charge < -0.3 is 4.90 Å². The zero-order valence-electron chi connectivity index (χ0n) is 13.7. The number of nitrogens with one attached hydrogen (secondary N) is 1. The van der Waals surface area contributed by atoms with E-state index >= 15 is 0 Å². The predicted molar refractivity (Wildman–Crippen MR) is 104 cm³/mol. The Labute approximate surface area is 138 Å². The van der Waals surface area contributed by atoms with E-state index in [0.29, 0.717) is 0 Å². The summed E-state index contributed by atoms with van der Waals surface area (Å²) in [4.78, 5) is 6.57. The summed E-state index contributed by atoms with van der Waals surface area (Å²) in [6.45, 7) is 2.07. The second kappa shape index (κ2) is 6.05. The van der Waals surface area contributed by atoms with Crippen LogP contribution in [0.25, 0.3) is 5.70 Å². The summed E-state index contributed by atoms with van der Waals surface area (Å²) in [6.07, 6.45) is 0. The van der Waals surface area contributed by atoms with E-state index in [1.807, 2.05) is 37.0 Å². The van der Waals surface area contributed by atoms with Crippen LogP contribution in [0.1, 0.15) is 16.7 Å². The van der Waals surface area contributed by atoms with Crippen molar-refractivity contribution in [3.63, 3.8) is 0 Å². The van der Waals surface area contributed by atoms with Crippen molar-refractivity contribution in [3.05, 3.63) is 70.6 Å². The molecular weight excluding hydrogens is 302 g/mol. The number of aliphatic imine (C=N–C) groups is 1. The second-order valence-electron chi connectivity index (χ2n) is 5.94. The molecule has 0 aromatic heterocycles. The average molecular weight is 323 g/mol. The van der Waals surface area contributed by atoms with Crippen LogP contribution in [0, 0.1) is 11.7 Å². The van der Waals surface area contributed by atoms with Crippen LogP contribution in [0.15, 0.2) is 58.9 Å². The van der Waals surface area contributed by atoms with Crippen molar-refractivity contribution >= 4 is 31.7 Å². The van der Waals surface area contributed by atoms with Gasteiger partial charge in [-0.05, 0) is 18.4 Å². The Morgan fingerprint density at radius 3 is 2.43 bits per heavy atom. The fourth-order valence-corrected chi connectivity index (χ4v) is 4.19. The summed E-state index contributed by atoms with van der Waals surface area (Å²) >= 11 is 0. The largest absolute Gasteiger partial charge is 0.377 e. The van der Waals surface area contributed by atoms with Crippen LogP contribution in [0.5, 0.6) is 0 Å². The fraction of sp³-hybridized carbons (Fsp3) is 0.158. The number of nitrogens with zero attached hydrogens (tertiary/aromatic N) is 2. The molecule has 0 amide bonds. The first-order chi connectivity index (χ1) is 11.0. The topological polar surface area (TPSA) is 39.5 Å². The zero-order valence-corrected chi connectivity index (χ0v) is 14.5. The van der Waals surface area contributed by atoms with E-state index < -0.39 is 9.41 Å². The van der Waals surface area contributed by atoms with E-state index in [0.717, 1.165) is 22.5 Å². The van der Waals surface area contributed by atoms with E-state index in [-0.39, 0.29) is 0 Å². The molecule has 0 radical (unpaired) electrons. The molecule has 118 valence electrons. The maximum Gasteiger partial charge on any atom is 0.0779 e. The monoisotopic (exact) mass is 323 g/mol. The molecule has 0 saturated carbocycles. The number of benzene rings is 2. The highest BCUT2D eigenvalue weighted by molar-refractivity contribution is 8.17. The van der Waals surface area contributed by atoms with E-state index in [4.69, 9.17) is 4.78 Å². The third-order valence-electron chi connectivity index (χ3n) is 3.76. The van der Waals surface area contributed by atoms with Gasteiger partial charge in [0.05, 0.1) is 11.2 Å². The Kier molecular flexibility index (Phi) is 4.09. The van der Waals surface area contributed by atoms with Crippen molar-refractivity contribution in [2.24, 2.45) is 4.99 Å². The number of anilines is 1. The molecule has 2 aromatic carbocycles. The first kappa shape index (κ1) is 15.6. The molecule has 3 nitrogen and oxygen atoms in total. The van der Waals surface area contributed by atoms with E-state index in [9.17, 15) is 0 Å². The minimum atomic E-state index is -1.88. The van der Waals surface area contributed by atoms with Gasteiger partial charge in [0.1, 0.15) is 0 Å². The third-order valence-corrected chi connectivity index (χ3v) is 5.47. The summed E-state index contributed by atoms with van der Waals surface area (Å²) in [5.41, 5.74) is 7.19. The van der Waals surface area contributed by atoms with Gasteiger partial charge in [-0.25, -0.2) is 4.99 Å². The van der Waals surface area contributed by atoms with Crippen LogP contribution in [-0.2, 0) is 9.41 Å². The number of hydrogen-bond donors (Lipinski definition) is 1. The van der Waals surface area contributed by atoms with Crippen LogP contribution in [0.2, 0.25) is 0 Å². The molecule has 0 fully saturated rings. The van der Waals surface area contributed by atoms with Gasteiger partial charge in [-0.1, -0.05) is 57.4 Å². The van der Waals surface area contributed by atoms with Gasteiger partial charge in [0.15, 0.2) is 0 Å². The Morgan fingerprint density at radius 2 is 1.74 bits per heavy atom. The zero-order chi connectivity index (χ0) is 16.4. The van der Waals surface area contributed by atoms with E-state index in [1.165, 1.54) is 5.56 Å². The standard InChI is InChI=1S/C19H21N3S/c1-15-8-10-16(11-9-15)18-13-23(20,14-21-18)12-17-6-4-5-7-19(17)22(2)3/h4-14,20H,1-3H3. The van der Waals surface area contributed by atoms with Crippen LogP contribution >= 0.6 is 0 Å². The highest BCUT2D eigenvalue weighted by Crippen LogP contribution is 2.24. The molecule has 1 aliphatic rings. The molecule has 1 atom stereocenters. The van der Waals surface area contributed by atoms with Gasteiger partial charge in [-0.15, -0.1) is 0 Å². The lowest BCUT2D eigenvalue weighted by atomic mass is 10.1. The van der Waals surface area contributed by atoms with Crippen molar-refractivity contribution < 1.29 is 0 Å². The molecule has 0 saturated heterocycles. The maximum absolute atomic E-state index is 8.76. The summed E-state index contributed by atoms with van der Waals surface area (Å²) < 4.78 is 8.76. The molecular formula is C19H21N3S. The molecule has 0 spiro atoms. The van der Waals surface area contributed by atoms with Crippen LogP contribution < -0.4 is 4.90 Å². The lowest BCUT2D eigenvalue weighted by Crippen LogP contribution is -2.12. The average Bonchev–Trinajstić information content (AvgIpc) is 2.90. The van der Waals surface area contributed by atoms with E-state index in [2.05, 4.69) is 53.2 Å². The highest BCUT2D eigenvalue weighted by Gasteiger charge is 2.11. The van der Waals surface area contributed by atoms with Crippen LogP contribution in [0.3, 0.4) is 0 Å². The van der Waals surface area contributed by atoms with Crippen molar-refractivity contribution in [1.82, 2.24) is 0 Å². The van der Waals surface area contributed by atoms with Gasteiger partial charge >= 0.3 is 0 Å². The first-order valence-electron chi connectivity index (χ1n) is 7.49. The van der Waals surface area contributed by atoms with Crippen molar-refractivity contribution in [2.75, 3.05) is 19.0 Å². The smallest absolute Gasteiger partial charge is 0.0779 e. The minimum absolute atomic E-state index is 0.897. The van der Waals surface area contributed by atoms with Gasteiger partial charge in [-0.2, -0.15) is 0 Å². The Hall–Kier alpha value is -2.33. The van der Waals surface area contributed by atoms with Crippen molar-refractivity contribution in [1.29, 1.82) is 4.78 Å². The quantitative estimate of drug-likeness (QED) is 0.846. The summed E-state index contributed by atoms with van der Waals surface area (Å²) in [7, 11) is 2.17. The lowest BCUT2D eigenvalue weighted by molar-refractivity contribution is 1.13. The molecule has 23 heavy (non-hydrogen) atoms. The van der Waals surface area contributed by atoms with Gasteiger partial charge in [0.25, 0.3) is 0 Å². The summed E-state index contributed by atoms with van der Waals surface area (Å²) in [5.74, 6) is 0. The van der Waals surface area contributed by atoms with E-state index in [1.54, 1.807) is 5.55 Å². The predicted octanol–water partition coefficient (Wildman–Crippen LogP) is 4.17. The minimum Gasteiger partial charge on any atom is -0.377 e. The number of para-hydroxylation sites is 1. The van der Waals surface area contributed by atoms with Gasteiger partial charge in [0.2, 0.25) is 0 Å².